The molecule has 0 unspecified atom stereocenters. The predicted octanol–water partition coefficient (Wildman–Crippen LogP) is 1.39. The van der Waals surface area contributed by atoms with Crippen LogP contribution in [0.2, 0.25) is 5.15 Å². The van der Waals surface area contributed by atoms with E-state index in [-0.39, 0.29) is 11.2 Å². The number of aryl methyl sites for hydroxylation is 1. The Morgan fingerprint density at radius 1 is 1.64 bits per heavy atom. The molecule has 0 aromatic carbocycles. The van der Waals surface area contributed by atoms with Crippen molar-refractivity contribution >= 4 is 23.2 Å². The van der Waals surface area contributed by atoms with Gasteiger partial charge in [-0.25, -0.2) is 14.3 Å². The number of hydrogen-bond acceptors (Lipinski definition) is 3. The second-order valence-corrected chi connectivity index (χ2v) is 3.20. The van der Waals surface area contributed by atoms with Crippen LogP contribution in [0.25, 0.3) is 5.65 Å². The van der Waals surface area contributed by atoms with Crippen LogP contribution in [-0.2, 0) is 0 Å². The Hall–Kier alpha value is -1.62. The third-order valence-electron chi connectivity index (χ3n) is 1.84. The van der Waals surface area contributed by atoms with E-state index in [0.717, 1.165) is 5.56 Å². The third-order valence-corrected chi connectivity index (χ3v) is 2.23. The Bertz CT molecular complexity index is 521. The molecule has 0 aliphatic heterocycles. The van der Waals surface area contributed by atoms with Crippen molar-refractivity contribution < 1.29 is 9.90 Å². The minimum absolute atomic E-state index is 0.0481. The number of rotatable bonds is 1. The number of carbonyl (C=O) groups is 1. The predicted molar refractivity (Wildman–Crippen MR) is 49.7 cm³/mol. The molecule has 2 aromatic heterocycles. The smallest absolute Gasteiger partial charge is 0.341 e. The average Bonchev–Trinajstić information content (AvgIpc) is 2.48. The number of carboxylic acids is 1. The number of hydrogen-bond donors (Lipinski definition) is 1. The van der Waals surface area contributed by atoms with Crippen LogP contribution in [0.5, 0.6) is 0 Å². The van der Waals surface area contributed by atoms with Gasteiger partial charge in [-0.1, -0.05) is 11.6 Å². The van der Waals surface area contributed by atoms with Crippen molar-refractivity contribution in [3.05, 3.63) is 28.7 Å². The van der Waals surface area contributed by atoms with Gasteiger partial charge in [-0.3, -0.25) is 0 Å². The van der Waals surface area contributed by atoms with Crippen LogP contribution in [0.1, 0.15) is 15.9 Å². The molecule has 1 N–H and O–H groups in total. The zero-order valence-corrected chi connectivity index (χ0v) is 7.99. The Labute approximate surface area is 83.9 Å². The lowest BCUT2D eigenvalue weighted by Gasteiger charge is -1.98. The normalized spacial score (nSPS) is 10.7. The lowest BCUT2D eigenvalue weighted by atomic mass is 10.3. The summed E-state index contributed by atoms with van der Waals surface area (Å²) in [7, 11) is 0. The van der Waals surface area contributed by atoms with Crippen LogP contribution >= 0.6 is 11.6 Å². The Morgan fingerprint density at radius 2 is 2.36 bits per heavy atom. The van der Waals surface area contributed by atoms with Crippen molar-refractivity contribution in [1.29, 1.82) is 0 Å². The van der Waals surface area contributed by atoms with Gasteiger partial charge in [-0.05, 0) is 6.92 Å². The van der Waals surface area contributed by atoms with Crippen molar-refractivity contribution in [3.63, 3.8) is 0 Å². The molecule has 0 aliphatic rings. The molecule has 14 heavy (non-hydrogen) atoms. The first kappa shape index (κ1) is 8.96. The van der Waals surface area contributed by atoms with E-state index in [0.29, 0.717) is 5.15 Å². The molecule has 0 aliphatic carbocycles. The summed E-state index contributed by atoms with van der Waals surface area (Å²) in [4.78, 5) is 14.7. The molecule has 0 saturated carbocycles. The van der Waals surface area contributed by atoms with Crippen molar-refractivity contribution in [3.8, 4) is 0 Å². The first-order valence-corrected chi connectivity index (χ1v) is 4.21. The second-order valence-electron chi connectivity index (χ2n) is 2.85. The highest BCUT2D eigenvalue weighted by Gasteiger charge is 2.13. The number of fused-ring (bicyclic) bond motifs is 1. The van der Waals surface area contributed by atoms with Gasteiger partial charge in [0.2, 0.25) is 0 Å². The molecule has 0 amide bonds. The molecule has 6 heteroatoms. The van der Waals surface area contributed by atoms with Gasteiger partial charge in [0.15, 0.2) is 5.65 Å². The molecule has 5 nitrogen and oxygen atoms in total. The Kier molecular flexibility index (Phi) is 1.89. The first-order chi connectivity index (χ1) is 6.59. The van der Waals surface area contributed by atoms with Crippen LogP contribution in [0.15, 0.2) is 12.4 Å². The maximum atomic E-state index is 10.7. The molecule has 0 atom stereocenters. The van der Waals surface area contributed by atoms with Crippen molar-refractivity contribution in [2.45, 2.75) is 6.92 Å². The minimum atomic E-state index is -1.06. The summed E-state index contributed by atoms with van der Waals surface area (Å²) in [5.74, 6) is -1.06. The largest absolute Gasteiger partial charge is 0.477 e. The molecular formula is C8H6ClN3O2. The van der Waals surface area contributed by atoms with Gasteiger partial charge in [0.05, 0.1) is 6.20 Å². The van der Waals surface area contributed by atoms with E-state index >= 15 is 0 Å². The Balaban J connectivity index is 2.80. The van der Waals surface area contributed by atoms with E-state index in [1.54, 1.807) is 13.1 Å². The zero-order chi connectivity index (χ0) is 10.3. The lowest BCUT2D eigenvalue weighted by molar-refractivity contribution is 0.0699. The Morgan fingerprint density at radius 3 is 3.00 bits per heavy atom. The maximum absolute atomic E-state index is 10.7. The van der Waals surface area contributed by atoms with Gasteiger partial charge in [0.1, 0.15) is 10.7 Å². The fraction of sp³-hybridized carbons (Fsp3) is 0.125. The summed E-state index contributed by atoms with van der Waals surface area (Å²) in [6.07, 6.45) is 2.89. The standard InChI is InChI=1S/C8H6ClN3O2/c1-4-3-12-7(11-6(4)9)5(2-10-12)8(13)14/h2-3H,1H3,(H,13,14). The summed E-state index contributed by atoms with van der Waals surface area (Å²) in [5, 5.41) is 12.9. The second kappa shape index (κ2) is 2.95. The molecule has 2 rings (SSSR count). The number of aromatic carboxylic acids is 1. The van der Waals surface area contributed by atoms with Gasteiger partial charge < -0.3 is 5.11 Å². The summed E-state index contributed by atoms with van der Waals surface area (Å²) in [6, 6.07) is 0. The molecule has 72 valence electrons. The van der Waals surface area contributed by atoms with Crippen LogP contribution in [0, 0.1) is 6.92 Å². The fourth-order valence-electron chi connectivity index (χ4n) is 1.13. The van der Waals surface area contributed by atoms with Gasteiger partial charge in [-0.15, -0.1) is 0 Å². The van der Waals surface area contributed by atoms with E-state index in [2.05, 4.69) is 10.1 Å². The highest BCUT2D eigenvalue weighted by atomic mass is 35.5. The minimum Gasteiger partial charge on any atom is -0.477 e. The van der Waals surface area contributed by atoms with Gasteiger partial charge in [0, 0.05) is 11.8 Å². The van der Waals surface area contributed by atoms with Gasteiger partial charge in [-0.2, -0.15) is 5.10 Å². The van der Waals surface area contributed by atoms with E-state index in [9.17, 15) is 4.79 Å². The third kappa shape index (κ3) is 1.22. The van der Waals surface area contributed by atoms with Crippen LogP contribution in [-0.4, -0.2) is 25.7 Å². The summed E-state index contributed by atoms with van der Waals surface area (Å²) in [6.45, 7) is 1.77. The van der Waals surface area contributed by atoms with Gasteiger partial charge >= 0.3 is 5.97 Å². The highest BCUT2D eigenvalue weighted by Crippen LogP contribution is 2.15. The molecular weight excluding hydrogens is 206 g/mol. The number of nitrogens with zero attached hydrogens (tertiary/aromatic N) is 3. The van der Waals surface area contributed by atoms with Gasteiger partial charge in [0.25, 0.3) is 0 Å². The van der Waals surface area contributed by atoms with Crippen molar-refractivity contribution in [2.75, 3.05) is 0 Å². The molecule has 0 saturated heterocycles. The monoisotopic (exact) mass is 211 g/mol. The maximum Gasteiger partial charge on any atom is 0.341 e. The van der Waals surface area contributed by atoms with Crippen molar-refractivity contribution in [1.82, 2.24) is 14.6 Å². The molecule has 0 fully saturated rings. The van der Waals surface area contributed by atoms with Crippen LogP contribution < -0.4 is 0 Å². The number of halogens is 1. The van der Waals surface area contributed by atoms with E-state index in [1.165, 1.54) is 10.7 Å². The SMILES string of the molecule is Cc1cn2ncc(C(=O)O)c2nc1Cl. The number of carboxylic acid groups (broad SMARTS) is 1. The molecule has 2 aromatic rings. The zero-order valence-electron chi connectivity index (χ0n) is 7.23. The molecule has 0 radical (unpaired) electrons. The molecule has 0 spiro atoms. The first-order valence-electron chi connectivity index (χ1n) is 3.83. The van der Waals surface area contributed by atoms with Crippen molar-refractivity contribution in [2.24, 2.45) is 0 Å². The van der Waals surface area contributed by atoms with E-state index in [4.69, 9.17) is 16.7 Å². The fourth-order valence-corrected chi connectivity index (χ4v) is 1.26. The molecule has 2 heterocycles. The quantitative estimate of drug-likeness (QED) is 0.724. The number of aromatic nitrogens is 3. The molecule has 0 bridgehead atoms. The lowest BCUT2D eigenvalue weighted by Crippen LogP contribution is -1.98. The summed E-state index contributed by atoms with van der Waals surface area (Å²) >= 11 is 5.78. The topological polar surface area (TPSA) is 67.5 Å². The summed E-state index contributed by atoms with van der Waals surface area (Å²) in [5.41, 5.74) is 1.05. The van der Waals surface area contributed by atoms with E-state index < -0.39 is 5.97 Å². The average molecular weight is 212 g/mol. The van der Waals surface area contributed by atoms with Crippen LogP contribution in [0.4, 0.5) is 0 Å². The highest BCUT2D eigenvalue weighted by molar-refractivity contribution is 6.30. The summed E-state index contributed by atoms with van der Waals surface area (Å²) < 4.78 is 1.39. The van der Waals surface area contributed by atoms with Crippen LogP contribution in [0.3, 0.4) is 0 Å². The van der Waals surface area contributed by atoms with E-state index in [1.807, 2.05) is 0 Å².